The van der Waals surface area contributed by atoms with Gasteiger partial charge in [0.15, 0.2) is 5.58 Å². The van der Waals surface area contributed by atoms with E-state index in [1.807, 2.05) is 13.8 Å². The van der Waals surface area contributed by atoms with Gasteiger partial charge in [-0.25, -0.2) is 13.2 Å². The number of nitrogens with zero attached hydrogens (tertiary/aromatic N) is 3. The summed E-state index contributed by atoms with van der Waals surface area (Å²) in [5.41, 5.74) is 1.17. The number of piperazine rings is 1. The van der Waals surface area contributed by atoms with E-state index in [1.54, 1.807) is 29.2 Å². The van der Waals surface area contributed by atoms with Gasteiger partial charge >= 0.3 is 5.76 Å². The second kappa shape index (κ2) is 9.15. The molecule has 1 saturated heterocycles. The van der Waals surface area contributed by atoms with Crippen LogP contribution in [0.1, 0.15) is 30.2 Å². The van der Waals surface area contributed by atoms with Gasteiger partial charge in [-0.15, -0.1) is 0 Å². The molecule has 1 aliphatic rings. The van der Waals surface area contributed by atoms with Gasteiger partial charge in [0, 0.05) is 49.9 Å². The van der Waals surface area contributed by atoms with Gasteiger partial charge in [-0.3, -0.25) is 9.36 Å². The number of hydrogen-bond acceptors (Lipinski definition) is 7. The van der Waals surface area contributed by atoms with Crippen LogP contribution in [0.4, 0.5) is 0 Å². The van der Waals surface area contributed by atoms with E-state index in [1.165, 1.54) is 35.2 Å². The summed E-state index contributed by atoms with van der Waals surface area (Å²) in [4.78, 5) is 26.8. The van der Waals surface area contributed by atoms with Crippen molar-refractivity contribution in [3.63, 3.8) is 0 Å². The Labute approximate surface area is 197 Å². The summed E-state index contributed by atoms with van der Waals surface area (Å²) in [6.07, 6.45) is 0. The van der Waals surface area contributed by atoms with Crippen molar-refractivity contribution in [2.45, 2.75) is 24.8 Å². The quantitative estimate of drug-likeness (QED) is 0.522. The first-order valence-corrected chi connectivity index (χ1v) is 12.3. The van der Waals surface area contributed by atoms with Crippen molar-refractivity contribution in [1.82, 2.24) is 13.8 Å². The molecule has 0 spiro atoms. The Morgan fingerprint density at radius 3 is 2.15 bits per heavy atom. The van der Waals surface area contributed by atoms with Gasteiger partial charge in [-0.05, 0) is 38.1 Å². The molecule has 0 saturated carbocycles. The first-order chi connectivity index (χ1) is 16.1. The molecule has 1 fully saturated rings. The zero-order chi connectivity index (χ0) is 24.6. The number of aromatic nitrogens is 1. The van der Waals surface area contributed by atoms with Crippen molar-refractivity contribution in [2.75, 3.05) is 40.4 Å². The highest BCUT2D eigenvalue weighted by Crippen LogP contribution is 2.26. The fourth-order valence-corrected chi connectivity index (χ4v) is 5.50. The predicted octanol–water partition coefficient (Wildman–Crippen LogP) is 2.34. The smallest absolute Gasteiger partial charge is 0.420 e. The fraction of sp³-hybridized carbons (Fsp3) is 0.391. The normalized spacial score (nSPS) is 15.1. The number of ether oxygens (including phenoxy) is 2. The zero-order valence-electron chi connectivity index (χ0n) is 19.5. The summed E-state index contributed by atoms with van der Waals surface area (Å²) in [5.74, 6) is 0.239. The second-order valence-corrected chi connectivity index (χ2v) is 10.2. The van der Waals surface area contributed by atoms with E-state index in [0.717, 1.165) is 0 Å². The topological polar surface area (TPSA) is 111 Å². The molecular formula is C23H27N3O7S. The van der Waals surface area contributed by atoms with E-state index in [-0.39, 0.29) is 48.6 Å². The molecule has 1 aliphatic heterocycles. The van der Waals surface area contributed by atoms with Crippen molar-refractivity contribution in [3.8, 4) is 11.5 Å². The first kappa shape index (κ1) is 23.8. The molecule has 11 heteroatoms. The van der Waals surface area contributed by atoms with Gasteiger partial charge in [0.2, 0.25) is 10.0 Å². The van der Waals surface area contributed by atoms with Crippen LogP contribution >= 0.6 is 0 Å². The van der Waals surface area contributed by atoms with E-state index < -0.39 is 15.8 Å². The Hall–Kier alpha value is -3.31. The molecule has 0 atom stereocenters. The second-order valence-electron chi connectivity index (χ2n) is 8.26. The number of sulfonamides is 1. The van der Waals surface area contributed by atoms with Crippen LogP contribution in [0.15, 0.2) is 50.5 Å². The van der Waals surface area contributed by atoms with Gasteiger partial charge in [0.05, 0.1) is 24.6 Å². The molecule has 2 heterocycles. The van der Waals surface area contributed by atoms with Crippen molar-refractivity contribution in [3.05, 3.63) is 52.5 Å². The highest BCUT2D eigenvalue weighted by atomic mass is 32.2. The molecule has 4 rings (SSSR count). The molecular weight excluding hydrogens is 462 g/mol. The van der Waals surface area contributed by atoms with Crippen LogP contribution in [0.3, 0.4) is 0 Å². The molecule has 0 radical (unpaired) electrons. The summed E-state index contributed by atoms with van der Waals surface area (Å²) in [5, 5.41) is 0. The maximum Gasteiger partial charge on any atom is 0.420 e. The summed E-state index contributed by atoms with van der Waals surface area (Å²) in [6, 6.07) is 9.25. The number of oxazole rings is 1. The average Bonchev–Trinajstić information content (AvgIpc) is 3.18. The van der Waals surface area contributed by atoms with Crippen LogP contribution in [0.2, 0.25) is 0 Å². The number of fused-ring (bicyclic) bond motifs is 1. The lowest BCUT2D eigenvalue weighted by Gasteiger charge is -2.34. The van der Waals surface area contributed by atoms with Crippen molar-refractivity contribution in [1.29, 1.82) is 0 Å². The standard InChI is InChI=1S/C23H27N3O7S/c1-15(2)26-20-6-5-19(14-21(20)33-23(26)28)34(29,30)25-9-7-24(8-10-25)22(27)16-11-17(31-3)13-18(12-16)32-4/h5-6,11-15H,7-10H2,1-4H3. The fourth-order valence-electron chi connectivity index (χ4n) is 4.06. The van der Waals surface area contributed by atoms with Crippen LogP contribution in [-0.4, -0.2) is 68.5 Å². The third kappa shape index (κ3) is 4.28. The number of carbonyl (C=O) groups excluding carboxylic acids is 1. The summed E-state index contributed by atoms with van der Waals surface area (Å²) in [6.45, 7) is 4.46. The van der Waals surface area contributed by atoms with E-state index >= 15 is 0 Å². The highest BCUT2D eigenvalue weighted by molar-refractivity contribution is 7.89. The summed E-state index contributed by atoms with van der Waals surface area (Å²) in [7, 11) is -0.815. The third-order valence-corrected chi connectivity index (χ3v) is 7.76. The minimum absolute atomic E-state index is 0.0435. The number of amides is 1. The predicted molar refractivity (Wildman–Crippen MR) is 125 cm³/mol. The molecule has 1 aromatic heterocycles. The Morgan fingerprint density at radius 1 is 0.971 bits per heavy atom. The molecule has 34 heavy (non-hydrogen) atoms. The molecule has 2 aromatic carbocycles. The molecule has 0 bridgehead atoms. The number of methoxy groups -OCH3 is 2. The number of rotatable bonds is 6. The Balaban J connectivity index is 1.51. The third-order valence-electron chi connectivity index (χ3n) is 5.86. The van der Waals surface area contributed by atoms with E-state index in [4.69, 9.17) is 13.9 Å². The number of carbonyl (C=O) groups is 1. The van der Waals surface area contributed by atoms with Gasteiger partial charge in [0.25, 0.3) is 5.91 Å². The largest absolute Gasteiger partial charge is 0.497 e. The molecule has 10 nitrogen and oxygen atoms in total. The maximum atomic E-state index is 13.2. The van der Waals surface area contributed by atoms with E-state index in [2.05, 4.69) is 0 Å². The minimum atomic E-state index is -3.83. The lowest BCUT2D eigenvalue weighted by Crippen LogP contribution is -2.50. The van der Waals surface area contributed by atoms with Crippen molar-refractivity contribution in [2.24, 2.45) is 0 Å². The molecule has 3 aromatic rings. The summed E-state index contributed by atoms with van der Waals surface area (Å²) < 4.78 is 45.0. The molecule has 1 amide bonds. The van der Waals surface area contributed by atoms with Gasteiger partial charge in [0.1, 0.15) is 11.5 Å². The van der Waals surface area contributed by atoms with Crippen LogP contribution < -0.4 is 15.2 Å². The number of benzene rings is 2. The molecule has 182 valence electrons. The molecule has 0 aliphatic carbocycles. The Kier molecular flexibility index (Phi) is 6.41. The number of hydrogen-bond donors (Lipinski definition) is 0. The van der Waals surface area contributed by atoms with E-state index in [9.17, 15) is 18.0 Å². The van der Waals surface area contributed by atoms with Crippen molar-refractivity contribution < 1.29 is 27.1 Å². The van der Waals surface area contributed by atoms with Crippen LogP contribution in [0, 0.1) is 0 Å². The van der Waals surface area contributed by atoms with Crippen LogP contribution in [0.5, 0.6) is 11.5 Å². The molecule has 0 unspecified atom stereocenters. The lowest BCUT2D eigenvalue weighted by atomic mass is 10.1. The highest BCUT2D eigenvalue weighted by Gasteiger charge is 2.31. The maximum absolute atomic E-state index is 13.2. The van der Waals surface area contributed by atoms with Gasteiger partial charge < -0.3 is 18.8 Å². The Bertz CT molecular complexity index is 1360. The Morgan fingerprint density at radius 2 is 1.59 bits per heavy atom. The van der Waals surface area contributed by atoms with Gasteiger partial charge in [-0.2, -0.15) is 4.31 Å². The molecule has 0 N–H and O–H groups in total. The van der Waals surface area contributed by atoms with Crippen molar-refractivity contribution >= 4 is 27.0 Å². The zero-order valence-corrected chi connectivity index (χ0v) is 20.3. The monoisotopic (exact) mass is 489 g/mol. The summed E-state index contributed by atoms with van der Waals surface area (Å²) >= 11 is 0. The van der Waals surface area contributed by atoms with E-state index in [0.29, 0.717) is 22.6 Å². The van der Waals surface area contributed by atoms with Crippen LogP contribution in [0.25, 0.3) is 11.1 Å². The minimum Gasteiger partial charge on any atom is -0.497 e. The first-order valence-electron chi connectivity index (χ1n) is 10.8. The van der Waals surface area contributed by atoms with Crippen LogP contribution in [-0.2, 0) is 10.0 Å². The average molecular weight is 490 g/mol. The lowest BCUT2D eigenvalue weighted by molar-refractivity contribution is 0.0697. The van der Waals surface area contributed by atoms with Gasteiger partial charge in [-0.1, -0.05) is 0 Å². The SMILES string of the molecule is COc1cc(OC)cc(C(=O)N2CCN(S(=O)(=O)c3ccc4c(c3)oc(=O)n4C(C)C)CC2)c1.